The van der Waals surface area contributed by atoms with Gasteiger partial charge in [-0.2, -0.15) is 4.98 Å². The summed E-state index contributed by atoms with van der Waals surface area (Å²) in [5.41, 5.74) is 3.22. The highest BCUT2D eigenvalue weighted by Crippen LogP contribution is 2.30. The van der Waals surface area contributed by atoms with Gasteiger partial charge in [0, 0.05) is 37.1 Å². The van der Waals surface area contributed by atoms with Crippen LogP contribution < -0.4 is 5.32 Å². The molecule has 1 saturated heterocycles. The fourth-order valence-corrected chi connectivity index (χ4v) is 4.70. The Kier molecular flexibility index (Phi) is 5.96. The van der Waals surface area contributed by atoms with Crippen molar-refractivity contribution >= 4 is 23.0 Å². The van der Waals surface area contributed by atoms with Crippen molar-refractivity contribution < 1.29 is 13.6 Å². The Morgan fingerprint density at radius 1 is 1.21 bits per heavy atom. The number of aryl methyl sites for hydroxylation is 1. The summed E-state index contributed by atoms with van der Waals surface area (Å²) in [7, 11) is 0. The number of anilines is 1. The van der Waals surface area contributed by atoms with E-state index in [1.54, 1.807) is 24.5 Å². The van der Waals surface area contributed by atoms with Crippen molar-refractivity contribution in [2.75, 3.05) is 18.4 Å². The molecule has 3 heterocycles. The van der Waals surface area contributed by atoms with Crippen LogP contribution in [0.1, 0.15) is 35.7 Å². The lowest BCUT2D eigenvalue weighted by molar-refractivity contribution is 0.0539. The molecule has 174 valence electrons. The van der Waals surface area contributed by atoms with Gasteiger partial charge in [-0.15, -0.1) is 0 Å². The summed E-state index contributed by atoms with van der Waals surface area (Å²) in [6, 6.07) is 12.0. The summed E-state index contributed by atoms with van der Waals surface area (Å²) in [4.78, 5) is 29.0. The van der Waals surface area contributed by atoms with E-state index < -0.39 is 0 Å². The number of aromatic nitrogens is 3. The van der Waals surface area contributed by atoms with Crippen LogP contribution in [0.3, 0.4) is 0 Å². The molecule has 1 amide bonds. The first-order valence-electron chi connectivity index (χ1n) is 11.5. The van der Waals surface area contributed by atoms with Crippen molar-refractivity contribution in [2.45, 2.75) is 32.7 Å². The fourth-order valence-electron chi connectivity index (χ4n) is 4.70. The van der Waals surface area contributed by atoms with Crippen LogP contribution in [0.4, 0.5) is 10.4 Å². The van der Waals surface area contributed by atoms with Crippen molar-refractivity contribution in [1.82, 2.24) is 19.9 Å². The lowest BCUT2D eigenvalue weighted by atomic mass is 9.89. The zero-order valence-corrected chi connectivity index (χ0v) is 19.2. The van der Waals surface area contributed by atoms with Gasteiger partial charge in [-0.25, -0.2) is 14.4 Å². The van der Waals surface area contributed by atoms with E-state index in [2.05, 4.69) is 27.2 Å². The van der Waals surface area contributed by atoms with Crippen LogP contribution in [-0.4, -0.2) is 44.9 Å². The number of likely N-dealkylation sites (tertiary alicyclic amines) is 1. The van der Waals surface area contributed by atoms with Crippen LogP contribution in [0.5, 0.6) is 0 Å². The minimum Gasteiger partial charge on any atom is -0.423 e. The predicted octanol–water partition coefficient (Wildman–Crippen LogP) is 5.09. The van der Waals surface area contributed by atoms with E-state index in [-0.39, 0.29) is 23.7 Å². The smallest absolute Gasteiger partial charge is 0.295 e. The molecule has 0 aliphatic carbocycles. The minimum absolute atomic E-state index is 0.0291. The van der Waals surface area contributed by atoms with Crippen LogP contribution in [0.15, 0.2) is 59.3 Å². The second-order valence-electron chi connectivity index (χ2n) is 8.77. The van der Waals surface area contributed by atoms with Crippen molar-refractivity contribution in [3.8, 4) is 11.4 Å². The maximum Gasteiger partial charge on any atom is 0.295 e. The zero-order chi connectivity index (χ0) is 23.7. The summed E-state index contributed by atoms with van der Waals surface area (Å²) in [6.07, 6.45) is 5.33. The molecule has 4 aromatic rings. The molecule has 1 fully saturated rings. The number of benzene rings is 2. The van der Waals surface area contributed by atoms with Crippen LogP contribution in [0.25, 0.3) is 22.5 Å². The Morgan fingerprint density at radius 3 is 2.85 bits per heavy atom. The van der Waals surface area contributed by atoms with Gasteiger partial charge < -0.3 is 14.6 Å². The van der Waals surface area contributed by atoms with E-state index in [0.717, 1.165) is 24.0 Å². The van der Waals surface area contributed by atoms with Gasteiger partial charge in [0.05, 0.1) is 11.6 Å². The molecular formula is C26H26FN5O2. The largest absolute Gasteiger partial charge is 0.423 e. The fraction of sp³-hybridized carbons (Fsp3) is 0.308. The van der Waals surface area contributed by atoms with Crippen LogP contribution in [0.2, 0.25) is 0 Å². The highest BCUT2D eigenvalue weighted by molar-refractivity contribution is 6.01. The third-order valence-electron chi connectivity index (χ3n) is 6.48. The monoisotopic (exact) mass is 459 g/mol. The summed E-state index contributed by atoms with van der Waals surface area (Å²) < 4.78 is 19.2. The molecule has 2 aromatic heterocycles. The topological polar surface area (TPSA) is 84.2 Å². The number of oxazole rings is 1. The molecule has 2 aromatic carbocycles. The number of nitrogens with zero attached hydrogens (tertiary/aromatic N) is 4. The number of amides is 1. The predicted molar refractivity (Wildman–Crippen MR) is 128 cm³/mol. The summed E-state index contributed by atoms with van der Waals surface area (Å²) >= 11 is 0. The highest BCUT2D eigenvalue weighted by Gasteiger charge is 2.34. The van der Waals surface area contributed by atoms with Crippen LogP contribution >= 0.6 is 0 Å². The summed E-state index contributed by atoms with van der Waals surface area (Å²) in [5, 5.41) is 3.23. The molecule has 0 spiro atoms. The second-order valence-corrected chi connectivity index (χ2v) is 8.77. The Balaban J connectivity index is 1.42. The first kappa shape index (κ1) is 22.0. The van der Waals surface area contributed by atoms with Crippen molar-refractivity contribution in [3.63, 3.8) is 0 Å². The first-order chi connectivity index (χ1) is 16.5. The molecule has 0 saturated carbocycles. The van der Waals surface area contributed by atoms with E-state index in [0.29, 0.717) is 41.6 Å². The third kappa shape index (κ3) is 4.23. The average Bonchev–Trinajstić information content (AvgIpc) is 3.25. The van der Waals surface area contributed by atoms with Gasteiger partial charge in [0.2, 0.25) is 0 Å². The van der Waals surface area contributed by atoms with Gasteiger partial charge in [-0.3, -0.25) is 4.79 Å². The normalized spacial score (nSPS) is 18.3. The molecule has 0 radical (unpaired) electrons. The Labute approximate surface area is 197 Å². The molecule has 34 heavy (non-hydrogen) atoms. The number of hydrogen-bond acceptors (Lipinski definition) is 6. The molecule has 1 aliphatic rings. The van der Waals surface area contributed by atoms with E-state index >= 15 is 0 Å². The van der Waals surface area contributed by atoms with E-state index in [1.165, 1.54) is 12.1 Å². The summed E-state index contributed by atoms with van der Waals surface area (Å²) in [5.74, 6) is 0.420. The van der Waals surface area contributed by atoms with Crippen molar-refractivity contribution in [1.29, 1.82) is 0 Å². The quantitative estimate of drug-likeness (QED) is 0.448. The van der Waals surface area contributed by atoms with Crippen LogP contribution in [-0.2, 0) is 0 Å². The molecule has 7 nitrogen and oxygen atoms in total. The lowest BCUT2D eigenvalue weighted by Crippen LogP contribution is -2.51. The summed E-state index contributed by atoms with van der Waals surface area (Å²) in [6.45, 7) is 5.24. The number of hydrogen-bond donors (Lipinski definition) is 1. The third-order valence-corrected chi connectivity index (χ3v) is 6.48. The maximum absolute atomic E-state index is 13.9. The maximum atomic E-state index is 13.9. The molecule has 2 atom stereocenters. The van der Waals surface area contributed by atoms with Gasteiger partial charge in [0.1, 0.15) is 11.3 Å². The van der Waals surface area contributed by atoms with E-state index in [4.69, 9.17) is 4.42 Å². The number of piperidine rings is 1. The molecule has 0 bridgehead atoms. The number of rotatable bonds is 5. The van der Waals surface area contributed by atoms with Gasteiger partial charge in [-0.1, -0.05) is 25.1 Å². The lowest BCUT2D eigenvalue weighted by Gasteiger charge is -2.40. The second kappa shape index (κ2) is 9.21. The Morgan fingerprint density at radius 2 is 2.03 bits per heavy atom. The number of halogens is 1. The molecular weight excluding hydrogens is 433 g/mol. The number of carbonyl (C=O) groups excluding carboxylic acids is 1. The first-order valence-corrected chi connectivity index (χ1v) is 11.5. The van der Waals surface area contributed by atoms with Crippen molar-refractivity contribution in [3.05, 3.63) is 71.8 Å². The number of nitrogens with one attached hydrogen (secondary N) is 1. The minimum atomic E-state index is -0.371. The molecule has 2 unspecified atom stereocenters. The SMILES string of the molecule is Cc1cccc(-c2ncccn2)c1C(=O)N1CCCC(C)C1CNc1nc2ccc(F)cc2o1. The molecule has 8 heteroatoms. The molecule has 5 rings (SSSR count). The van der Waals surface area contributed by atoms with Gasteiger partial charge in [-0.05, 0) is 49.4 Å². The van der Waals surface area contributed by atoms with Gasteiger partial charge in [0.25, 0.3) is 11.9 Å². The van der Waals surface area contributed by atoms with Crippen molar-refractivity contribution in [2.24, 2.45) is 5.92 Å². The van der Waals surface area contributed by atoms with Crippen LogP contribution in [0, 0.1) is 18.7 Å². The zero-order valence-electron chi connectivity index (χ0n) is 19.2. The molecule has 1 N–H and O–H groups in total. The standard InChI is InChI=1S/C26H26FN5O2/c1-16-7-4-13-32(21(16)15-30-26-31-20-10-9-18(27)14-22(20)34-26)25(33)23-17(2)6-3-8-19(23)24-28-11-5-12-29-24/h3,5-6,8-12,14,16,21H,4,7,13,15H2,1-2H3,(H,30,31). The highest BCUT2D eigenvalue weighted by atomic mass is 19.1. The van der Waals surface area contributed by atoms with Gasteiger partial charge >= 0.3 is 0 Å². The molecule has 1 aliphatic heterocycles. The van der Waals surface area contributed by atoms with Gasteiger partial charge in [0.15, 0.2) is 11.4 Å². The van der Waals surface area contributed by atoms with E-state index in [9.17, 15) is 9.18 Å². The number of fused-ring (bicyclic) bond motifs is 1. The van der Waals surface area contributed by atoms with E-state index in [1.807, 2.05) is 30.0 Å². The average molecular weight is 460 g/mol. The Hall–Kier alpha value is -3.81. The Bertz CT molecular complexity index is 1320. The number of carbonyl (C=O) groups is 1.